The summed E-state index contributed by atoms with van der Waals surface area (Å²) in [5, 5.41) is 0. The molecule has 0 aliphatic heterocycles. The summed E-state index contributed by atoms with van der Waals surface area (Å²) >= 11 is 0. The predicted octanol–water partition coefficient (Wildman–Crippen LogP) is 3.64. The fraction of sp³-hybridized carbons (Fsp3) is 0.455. The predicted molar refractivity (Wildman–Crippen MR) is 65.0 cm³/mol. The molecule has 108 valence electrons. The zero-order valence-corrected chi connectivity index (χ0v) is 11.6. The van der Waals surface area contributed by atoms with E-state index in [1.807, 2.05) is 0 Å². The van der Waals surface area contributed by atoms with E-state index in [2.05, 4.69) is 0 Å². The molecule has 0 saturated carbocycles. The highest BCUT2D eigenvalue weighted by atomic mass is 35.7. The van der Waals surface area contributed by atoms with Crippen molar-refractivity contribution in [3.05, 3.63) is 23.8 Å². The van der Waals surface area contributed by atoms with Crippen molar-refractivity contribution < 1.29 is 26.3 Å². The van der Waals surface area contributed by atoms with E-state index in [0.29, 0.717) is 11.3 Å². The Morgan fingerprint density at radius 2 is 1.95 bits per heavy atom. The lowest BCUT2D eigenvalue weighted by atomic mass is 10.2. The average molecular weight is 317 g/mol. The minimum Gasteiger partial charge on any atom is -0.493 e. The second kappa shape index (κ2) is 6.00. The standard InChI is InChI=1S/C11H12ClF3O3S/c1-8-7-9(19(12,16)17)3-4-10(8)18-6-2-5-11(13,14)15/h3-4,7H,2,5-6H2,1H3. The molecule has 0 aliphatic rings. The first-order chi connectivity index (χ1) is 8.59. The van der Waals surface area contributed by atoms with Crippen molar-refractivity contribution in [3.8, 4) is 5.75 Å². The van der Waals surface area contributed by atoms with Crippen LogP contribution in [0.1, 0.15) is 18.4 Å². The van der Waals surface area contributed by atoms with Crippen LogP contribution in [-0.4, -0.2) is 21.2 Å². The first kappa shape index (κ1) is 16.1. The Bertz CT molecular complexity index is 541. The van der Waals surface area contributed by atoms with Gasteiger partial charge in [0.05, 0.1) is 11.5 Å². The number of rotatable bonds is 5. The van der Waals surface area contributed by atoms with E-state index in [4.69, 9.17) is 15.4 Å². The van der Waals surface area contributed by atoms with Crippen molar-refractivity contribution in [1.82, 2.24) is 0 Å². The topological polar surface area (TPSA) is 43.4 Å². The van der Waals surface area contributed by atoms with E-state index in [9.17, 15) is 21.6 Å². The van der Waals surface area contributed by atoms with Crippen LogP contribution in [0.25, 0.3) is 0 Å². The molecule has 0 saturated heterocycles. The number of benzene rings is 1. The second-order valence-electron chi connectivity index (χ2n) is 3.93. The van der Waals surface area contributed by atoms with Crippen molar-refractivity contribution in [2.45, 2.75) is 30.8 Å². The lowest BCUT2D eigenvalue weighted by Crippen LogP contribution is -2.10. The zero-order chi connectivity index (χ0) is 14.7. The molecule has 0 atom stereocenters. The SMILES string of the molecule is Cc1cc(S(=O)(=O)Cl)ccc1OCCCC(F)(F)F. The van der Waals surface area contributed by atoms with Gasteiger partial charge in [-0.2, -0.15) is 13.2 Å². The van der Waals surface area contributed by atoms with Crippen LogP contribution in [0.5, 0.6) is 5.75 Å². The molecular formula is C11H12ClF3O3S. The highest BCUT2D eigenvalue weighted by Gasteiger charge is 2.26. The van der Waals surface area contributed by atoms with Crippen LogP contribution in [0.4, 0.5) is 13.2 Å². The molecule has 1 aromatic rings. The number of hydrogen-bond acceptors (Lipinski definition) is 3. The van der Waals surface area contributed by atoms with Crippen LogP contribution in [0, 0.1) is 6.92 Å². The van der Waals surface area contributed by atoms with E-state index >= 15 is 0 Å². The highest BCUT2D eigenvalue weighted by molar-refractivity contribution is 8.13. The number of ether oxygens (including phenoxy) is 1. The fourth-order valence-electron chi connectivity index (χ4n) is 1.39. The number of alkyl halides is 3. The molecule has 0 N–H and O–H groups in total. The van der Waals surface area contributed by atoms with Crippen molar-refractivity contribution in [3.63, 3.8) is 0 Å². The zero-order valence-electron chi connectivity index (χ0n) is 10.00. The number of halogens is 4. The summed E-state index contributed by atoms with van der Waals surface area (Å²) in [5.41, 5.74) is 0.494. The van der Waals surface area contributed by atoms with Gasteiger partial charge in [-0.05, 0) is 37.1 Å². The van der Waals surface area contributed by atoms with Crippen LogP contribution in [0.3, 0.4) is 0 Å². The van der Waals surface area contributed by atoms with Crippen LogP contribution < -0.4 is 4.74 Å². The molecule has 3 nitrogen and oxygen atoms in total. The Kier molecular flexibility index (Phi) is 5.09. The van der Waals surface area contributed by atoms with E-state index in [1.54, 1.807) is 6.92 Å². The Morgan fingerprint density at radius 3 is 2.42 bits per heavy atom. The van der Waals surface area contributed by atoms with E-state index in [-0.39, 0.29) is 17.9 Å². The Labute approximate surface area is 113 Å². The van der Waals surface area contributed by atoms with Gasteiger partial charge in [-0.3, -0.25) is 0 Å². The molecular weight excluding hydrogens is 305 g/mol. The molecule has 0 aliphatic carbocycles. The van der Waals surface area contributed by atoms with Gasteiger partial charge in [-0.15, -0.1) is 0 Å². The summed E-state index contributed by atoms with van der Waals surface area (Å²) < 4.78 is 63.0. The molecule has 19 heavy (non-hydrogen) atoms. The first-order valence-corrected chi connectivity index (χ1v) is 7.65. The van der Waals surface area contributed by atoms with E-state index in [1.165, 1.54) is 18.2 Å². The summed E-state index contributed by atoms with van der Waals surface area (Å²) in [7, 11) is 1.35. The maximum absolute atomic E-state index is 11.9. The normalized spacial score (nSPS) is 12.5. The van der Waals surface area contributed by atoms with Gasteiger partial charge in [0.2, 0.25) is 0 Å². The molecule has 0 radical (unpaired) electrons. The van der Waals surface area contributed by atoms with Crippen molar-refractivity contribution in [1.29, 1.82) is 0 Å². The second-order valence-corrected chi connectivity index (χ2v) is 6.50. The highest BCUT2D eigenvalue weighted by Crippen LogP contribution is 2.25. The Balaban J connectivity index is 2.61. The molecule has 8 heteroatoms. The van der Waals surface area contributed by atoms with Gasteiger partial charge in [0.1, 0.15) is 5.75 Å². The molecule has 1 aromatic carbocycles. The van der Waals surface area contributed by atoms with E-state index in [0.717, 1.165) is 0 Å². The maximum Gasteiger partial charge on any atom is 0.389 e. The Hall–Kier alpha value is -0.950. The summed E-state index contributed by atoms with van der Waals surface area (Å²) in [6.07, 6.45) is -5.27. The van der Waals surface area contributed by atoms with Crippen molar-refractivity contribution >= 4 is 19.7 Å². The largest absolute Gasteiger partial charge is 0.493 e. The molecule has 0 spiro atoms. The third kappa shape index (κ3) is 5.69. The monoisotopic (exact) mass is 316 g/mol. The quantitative estimate of drug-likeness (QED) is 0.615. The fourth-order valence-corrected chi connectivity index (χ4v) is 2.23. The van der Waals surface area contributed by atoms with Crippen molar-refractivity contribution in [2.75, 3.05) is 6.61 Å². The third-order valence-electron chi connectivity index (χ3n) is 2.29. The number of aryl methyl sites for hydroxylation is 1. The molecule has 0 heterocycles. The third-order valence-corrected chi connectivity index (χ3v) is 3.64. The molecule has 0 fully saturated rings. The van der Waals surface area contributed by atoms with Crippen LogP contribution in [0.2, 0.25) is 0 Å². The summed E-state index contributed by atoms with van der Waals surface area (Å²) in [4.78, 5) is -0.0747. The summed E-state index contributed by atoms with van der Waals surface area (Å²) in [5.74, 6) is 0.339. The van der Waals surface area contributed by atoms with Crippen LogP contribution >= 0.6 is 10.7 Å². The summed E-state index contributed by atoms with van der Waals surface area (Å²) in [6, 6.07) is 3.92. The minimum atomic E-state index is -4.20. The average Bonchev–Trinajstić information content (AvgIpc) is 2.23. The van der Waals surface area contributed by atoms with Gasteiger partial charge in [-0.1, -0.05) is 0 Å². The van der Waals surface area contributed by atoms with Crippen LogP contribution in [0.15, 0.2) is 23.1 Å². The lowest BCUT2D eigenvalue weighted by molar-refractivity contribution is -0.136. The van der Waals surface area contributed by atoms with Gasteiger partial charge in [0, 0.05) is 17.1 Å². The smallest absolute Gasteiger partial charge is 0.389 e. The molecule has 1 rings (SSSR count). The van der Waals surface area contributed by atoms with Gasteiger partial charge >= 0.3 is 6.18 Å². The van der Waals surface area contributed by atoms with Crippen molar-refractivity contribution in [2.24, 2.45) is 0 Å². The van der Waals surface area contributed by atoms with Gasteiger partial charge in [0.25, 0.3) is 9.05 Å². The van der Waals surface area contributed by atoms with Crippen LogP contribution in [-0.2, 0) is 9.05 Å². The number of hydrogen-bond donors (Lipinski definition) is 0. The van der Waals surface area contributed by atoms with Gasteiger partial charge in [0.15, 0.2) is 0 Å². The lowest BCUT2D eigenvalue weighted by Gasteiger charge is -2.10. The molecule has 0 aromatic heterocycles. The summed E-state index contributed by atoms with van der Waals surface area (Å²) in [6.45, 7) is 1.50. The van der Waals surface area contributed by atoms with Gasteiger partial charge < -0.3 is 4.74 Å². The van der Waals surface area contributed by atoms with E-state index < -0.39 is 21.6 Å². The Morgan fingerprint density at radius 1 is 1.32 bits per heavy atom. The maximum atomic E-state index is 11.9. The molecule has 0 bridgehead atoms. The minimum absolute atomic E-state index is 0.0747. The molecule has 0 amide bonds. The van der Waals surface area contributed by atoms with Gasteiger partial charge in [-0.25, -0.2) is 8.42 Å². The molecule has 0 unspecified atom stereocenters. The first-order valence-electron chi connectivity index (χ1n) is 5.34.